The molecule has 0 fully saturated rings. The van der Waals surface area contributed by atoms with E-state index >= 15 is 0 Å². The number of methoxy groups -OCH3 is 2. The van der Waals surface area contributed by atoms with Gasteiger partial charge in [0.25, 0.3) is 0 Å². The molecule has 118 valence electrons. The Balaban J connectivity index is 2.09. The zero-order valence-corrected chi connectivity index (χ0v) is 13.7. The van der Waals surface area contributed by atoms with E-state index < -0.39 is 0 Å². The average Bonchev–Trinajstić information content (AvgIpc) is 2.89. The Morgan fingerprint density at radius 2 is 0.958 bits per heavy atom. The summed E-state index contributed by atoms with van der Waals surface area (Å²) in [7, 11) is 3.44. The number of hydrogen-bond donors (Lipinski definition) is 0. The summed E-state index contributed by atoms with van der Waals surface area (Å²) >= 11 is 0. The first kappa shape index (κ1) is 14.6. The third-order valence-electron chi connectivity index (χ3n) is 4.44. The molecule has 0 aliphatic heterocycles. The zero-order chi connectivity index (χ0) is 16.5. The molecular weight excluding hydrogens is 296 g/mol. The van der Waals surface area contributed by atoms with Gasteiger partial charge in [0, 0.05) is 11.1 Å². The summed E-state index contributed by atoms with van der Waals surface area (Å²) in [5.74, 6) is 1.74. The molecule has 4 rings (SSSR count). The second kappa shape index (κ2) is 5.89. The third-order valence-corrected chi connectivity index (χ3v) is 4.44. The molecule has 24 heavy (non-hydrogen) atoms. The predicted molar refractivity (Wildman–Crippen MR) is 98.2 cm³/mol. The molecule has 0 saturated heterocycles. The Morgan fingerprint density at radius 1 is 0.542 bits per heavy atom. The van der Waals surface area contributed by atoms with Gasteiger partial charge < -0.3 is 9.47 Å². The lowest BCUT2D eigenvalue weighted by Gasteiger charge is -2.09. The summed E-state index contributed by atoms with van der Waals surface area (Å²) in [5.41, 5.74) is 6.80. The smallest absolute Gasteiger partial charge is 0.128 e. The molecule has 0 spiro atoms. The molecule has 0 aromatic carbocycles. The minimum atomic E-state index is 0.869. The fraction of sp³-hybridized carbons (Fsp3) is 0.0909. The van der Waals surface area contributed by atoms with Crippen molar-refractivity contribution in [3.63, 3.8) is 0 Å². The largest absolute Gasteiger partial charge is 0.496 e. The Morgan fingerprint density at radius 3 is 1.38 bits per heavy atom. The van der Waals surface area contributed by atoms with E-state index in [1.807, 2.05) is 24.3 Å². The van der Waals surface area contributed by atoms with Crippen molar-refractivity contribution in [2.24, 2.45) is 0 Å². The molecule has 0 N–H and O–H groups in total. The first-order chi connectivity index (χ1) is 11.8. The second-order valence-electron chi connectivity index (χ2n) is 5.73. The number of rotatable bonds is 3. The van der Waals surface area contributed by atoms with Crippen molar-refractivity contribution in [1.82, 2.24) is 0 Å². The molecular formula is C22H18O2. The highest BCUT2D eigenvalue weighted by Crippen LogP contribution is 2.52. The van der Waals surface area contributed by atoms with Gasteiger partial charge in [-0.3, -0.25) is 0 Å². The Labute approximate surface area is 142 Å². The summed E-state index contributed by atoms with van der Waals surface area (Å²) in [4.78, 5) is 0. The van der Waals surface area contributed by atoms with Gasteiger partial charge in [0.2, 0.25) is 0 Å². The molecule has 0 saturated carbocycles. The van der Waals surface area contributed by atoms with Crippen LogP contribution >= 0.6 is 0 Å². The van der Waals surface area contributed by atoms with Crippen molar-refractivity contribution in [3.8, 4) is 44.9 Å². The monoisotopic (exact) mass is 314 g/mol. The molecule has 0 radical (unpaired) electrons. The fourth-order valence-corrected chi connectivity index (χ4v) is 3.36. The second-order valence-corrected chi connectivity index (χ2v) is 5.73. The first-order valence-corrected chi connectivity index (χ1v) is 7.95. The molecule has 4 aliphatic rings. The SMILES string of the molecule is COc1cc2cccccc-2c1-c1c(OC)cc2cccccc1-2. The Kier molecular flexibility index (Phi) is 3.58. The molecule has 0 amide bonds. The van der Waals surface area contributed by atoms with E-state index in [9.17, 15) is 0 Å². The van der Waals surface area contributed by atoms with Crippen LogP contribution < -0.4 is 9.47 Å². The van der Waals surface area contributed by atoms with Gasteiger partial charge in [-0.15, -0.1) is 0 Å². The van der Waals surface area contributed by atoms with Crippen molar-refractivity contribution in [3.05, 3.63) is 72.8 Å². The molecule has 0 bridgehead atoms. The lowest BCUT2D eigenvalue weighted by Crippen LogP contribution is -1.87. The van der Waals surface area contributed by atoms with E-state index in [1.165, 1.54) is 0 Å². The molecule has 0 aromatic heterocycles. The van der Waals surface area contributed by atoms with Gasteiger partial charge in [-0.1, -0.05) is 60.7 Å². The zero-order valence-electron chi connectivity index (χ0n) is 13.7. The van der Waals surface area contributed by atoms with Gasteiger partial charge in [-0.2, -0.15) is 0 Å². The maximum Gasteiger partial charge on any atom is 0.128 e. The molecule has 4 aliphatic carbocycles. The topological polar surface area (TPSA) is 18.5 Å². The van der Waals surface area contributed by atoms with Crippen molar-refractivity contribution < 1.29 is 9.47 Å². The van der Waals surface area contributed by atoms with Crippen LogP contribution in [0.4, 0.5) is 0 Å². The summed E-state index contributed by atoms with van der Waals surface area (Å²) in [6.45, 7) is 0. The van der Waals surface area contributed by atoms with E-state index in [1.54, 1.807) is 14.2 Å². The lowest BCUT2D eigenvalue weighted by atomic mass is 9.99. The highest BCUT2D eigenvalue weighted by atomic mass is 16.5. The number of fused-ring (bicyclic) bond motifs is 2. The van der Waals surface area contributed by atoms with E-state index in [0.29, 0.717) is 0 Å². The van der Waals surface area contributed by atoms with Crippen LogP contribution in [0.3, 0.4) is 0 Å². The standard InChI is InChI=1S/C22H18O2/c1-23-19-13-15-9-5-3-7-11-17(15)21(19)22-18-12-8-4-6-10-16(18)14-20(22)24-2/h3-14H,1-2H3. The molecule has 0 atom stereocenters. The molecule has 2 heteroatoms. The van der Waals surface area contributed by atoms with Crippen LogP contribution in [0.1, 0.15) is 0 Å². The minimum absolute atomic E-state index is 0.869. The highest BCUT2D eigenvalue weighted by molar-refractivity contribution is 6.01. The summed E-state index contributed by atoms with van der Waals surface area (Å²) < 4.78 is 11.4. The third kappa shape index (κ3) is 2.19. The summed E-state index contributed by atoms with van der Waals surface area (Å²) in [5, 5.41) is 0. The van der Waals surface area contributed by atoms with Gasteiger partial charge in [-0.25, -0.2) is 0 Å². The van der Waals surface area contributed by atoms with Crippen LogP contribution in [0.15, 0.2) is 72.8 Å². The Hall–Kier alpha value is -3.00. The maximum atomic E-state index is 5.70. The van der Waals surface area contributed by atoms with Gasteiger partial charge in [-0.05, 0) is 34.4 Å². The average molecular weight is 314 g/mol. The van der Waals surface area contributed by atoms with Gasteiger partial charge in [0.05, 0.1) is 14.2 Å². The van der Waals surface area contributed by atoms with Gasteiger partial charge >= 0.3 is 0 Å². The first-order valence-electron chi connectivity index (χ1n) is 7.95. The quantitative estimate of drug-likeness (QED) is 0.491. The van der Waals surface area contributed by atoms with E-state index in [0.717, 1.165) is 44.9 Å². The summed E-state index contributed by atoms with van der Waals surface area (Å²) in [6.07, 6.45) is 0. The van der Waals surface area contributed by atoms with Crippen molar-refractivity contribution in [2.75, 3.05) is 14.2 Å². The lowest BCUT2D eigenvalue weighted by molar-refractivity contribution is 0.412. The van der Waals surface area contributed by atoms with Crippen LogP contribution in [0.25, 0.3) is 33.4 Å². The molecule has 0 heterocycles. The van der Waals surface area contributed by atoms with Crippen LogP contribution in [-0.2, 0) is 0 Å². The Bertz CT molecular complexity index is 864. The maximum absolute atomic E-state index is 5.70. The van der Waals surface area contributed by atoms with Crippen LogP contribution in [0, 0.1) is 0 Å². The predicted octanol–water partition coefficient (Wildman–Crippen LogP) is 5.58. The van der Waals surface area contributed by atoms with Gasteiger partial charge in [0.15, 0.2) is 0 Å². The molecule has 0 unspecified atom stereocenters. The van der Waals surface area contributed by atoms with Crippen molar-refractivity contribution >= 4 is 0 Å². The van der Waals surface area contributed by atoms with Crippen LogP contribution in [0.2, 0.25) is 0 Å². The minimum Gasteiger partial charge on any atom is -0.496 e. The molecule has 2 nitrogen and oxygen atoms in total. The number of ether oxygens (including phenoxy) is 2. The van der Waals surface area contributed by atoms with Crippen LogP contribution in [-0.4, -0.2) is 14.2 Å². The van der Waals surface area contributed by atoms with E-state index in [2.05, 4.69) is 48.5 Å². The normalized spacial score (nSPS) is 10.9. The van der Waals surface area contributed by atoms with E-state index in [4.69, 9.17) is 9.47 Å². The van der Waals surface area contributed by atoms with Crippen LogP contribution in [0.5, 0.6) is 11.5 Å². The fourth-order valence-electron chi connectivity index (χ4n) is 3.36. The molecule has 0 aromatic rings. The van der Waals surface area contributed by atoms with E-state index in [-0.39, 0.29) is 0 Å². The summed E-state index contributed by atoms with van der Waals surface area (Å²) in [6, 6.07) is 25.0. The van der Waals surface area contributed by atoms with Gasteiger partial charge in [0.1, 0.15) is 11.5 Å². The highest BCUT2D eigenvalue weighted by Gasteiger charge is 2.25. The van der Waals surface area contributed by atoms with Crippen molar-refractivity contribution in [2.45, 2.75) is 0 Å². The van der Waals surface area contributed by atoms with Crippen molar-refractivity contribution in [1.29, 1.82) is 0 Å². The number of hydrogen-bond acceptors (Lipinski definition) is 2.